The van der Waals surface area contributed by atoms with Gasteiger partial charge in [0.2, 0.25) is 0 Å². The third kappa shape index (κ3) is 5.19. The maximum Gasteiger partial charge on any atom is 0.164 e. The Bertz CT molecular complexity index is 1410. The van der Waals surface area contributed by atoms with E-state index < -0.39 is 5.60 Å². The molecule has 11 nitrogen and oxygen atoms in total. The summed E-state index contributed by atoms with van der Waals surface area (Å²) in [5.74, 6) is 0.576. The van der Waals surface area contributed by atoms with Gasteiger partial charge < -0.3 is 15.5 Å². The summed E-state index contributed by atoms with van der Waals surface area (Å²) in [5.41, 5.74) is 2.64. The first-order valence-electron chi connectivity index (χ1n) is 12.1. The molecule has 0 aromatic carbocycles. The molecule has 0 saturated heterocycles. The zero-order valence-corrected chi connectivity index (χ0v) is 20.3. The van der Waals surface area contributed by atoms with Crippen LogP contribution in [0.5, 0.6) is 0 Å². The van der Waals surface area contributed by atoms with E-state index in [0.717, 1.165) is 48.1 Å². The summed E-state index contributed by atoms with van der Waals surface area (Å²) in [6.07, 6.45) is 10.9. The van der Waals surface area contributed by atoms with Crippen LogP contribution in [0, 0.1) is 11.3 Å². The van der Waals surface area contributed by atoms with Crippen molar-refractivity contribution in [1.82, 2.24) is 34.7 Å². The van der Waals surface area contributed by atoms with Gasteiger partial charge in [0.25, 0.3) is 0 Å². The highest BCUT2D eigenvalue weighted by Gasteiger charge is 2.22. The van der Waals surface area contributed by atoms with Crippen LogP contribution in [-0.4, -0.2) is 62.7 Å². The van der Waals surface area contributed by atoms with Crippen LogP contribution in [0.1, 0.15) is 57.2 Å². The lowest BCUT2D eigenvalue weighted by molar-refractivity contribution is 0.0711. The maximum atomic E-state index is 10.1. The first-order valence-corrected chi connectivity index (χ1v) is 12.1. The van der Waals surface area contributed by atoms with Crippen molar-refractivity contribution in [3.05, 3.63) is 48.2 Å². The largest absolute Gasteiger partial charge is 0.393 e. The molecule has 0 spiro atoms. The Morgan fingerprint density at radius 2 is 1.94 bits per heavy atom. The lowest BCUT2D eigenvalue weighted by atomic mass is 9.93. The summed E-state index contributed by atoms with van der Waals surface area (Å²) in [7, 11) is 0. The summed E-state index contributed by atoms with van der Waals surface area (Å²) < 4.78 is 3.33. The van der Waals surface area contributed by atoms with E-state index in [4.69, 9.17) is 5.26 Å². The number of nitriles is 1. The summed E-state index contributed by atoms with van der Waals surface area (Å²) >= 11 is 0. The quantitative estimate of drug-likeness (QED) is 0.357. The monoisotopic (exact) mass is 487 g/mol. The van der Waals surface area contributed by atoms with E-state index in [1.54, 1.807) is 41.7 Å². The Morgan fingerprint density at radius 3 is 2.69 bits per heavy atom. The minimum Gasteiger partial charge on any atom is -0.393 e. The normalized spacial score (nSPS) is 18.3. The zero-order valence-electron chi connectivity index (χ0n) is 20.3. The van der Waals surface area contributed by atoms with Crippen molar-refractivity contribution in [3.63, 3.8) is 0 Å². The molecule has 4 heterocycles. The summed E-state index contributed by atoms with van der Waals surface area (Å²) in [5, 5.41) is 46.6. The van der Waals surface area contributed by atoms with Crippen LogP contribution in [-0.2, 0) is 6.42 Å². The molecule has 5 rings (SSSR count). The molecule has 1 aliphatic carbocycles. The molecule has 11 heteroatoms. The molecule has 1 aliphatic rings. The Hall–Kier alpha value is -3.88. The van der Waals surface area contributed by atoms with E-state index in [2.05, 4.69) is 36.8 Å². The fourth-order valence-electron chi connectivity index (χ4n) is 4.41. The van der Waals surface area contributed by atoms with Gasteiger partial charge in [-0.3, -0.25) is 0 Å². The molecule has 0 bridgehead atoms. The molecule has 1 saturated carbocycles. The molecule has 186 valence electrons. The van der Waals surface area contributed by atoms with Crippen LogP contribution in [0.15, 0.2) is 36.9 Å². The number of aryl methyl sites for hydroxylation is 1. The molecule has 0 radical (unpaired) electrons. The Labute approximate surface area is 208 Å². The summed E-state index contributed by atoms with van der Waals surface area (Å²) in [6.45, 7) is 3.55. The van der Waals surface area contributed by atoms with Crippen LogP contribution in [0.3, 0.4) is 0 Å². The molecule has 1 fully saturated rings. The molecular formula is C25H29N9O2. The molecule has 4 aromatic heterocycles. The molecule has 0 unspecified atom stereocenters. The minimum absolute atomic E-state index is 0.200. The average molecular weight is 488 g/mol. The number of fused-ring (bicyclic) bond motifs is 1. The van der Waals surface area contributed by atoms with Crippen LogP contribution in [0.25, 0.3) is 22.5 Å². The number of hydrogen-bond donors (Lipinski definition) is 3. The number of nitrogens with one attached hydrogen (secondary N) is 1. The number of aliphatic hydroxyl groups excluding tert-OH is 1. The molecule has 0 aliphatic heterocycles. The van der Waals surface area contributed by atoms with E-state index in [1.165, 1.54) is 6.20 Å². The highest BCUT2D eigenvalue weighted by atomic mass is 16.3. The van der Waals surface area contributed by atoms with Crippen molar-refractivity contribution >= 4 is 16.7 Å². The number of anilines is 1. The van der Waals surface area contributed by atoms with Gasteiger partial charge in [0.1, 0.15) is 11.8 Å². The molecule has 36 heavy (non-hydrogen) atoms. The molecule has 0 amide bonds. The first-order chi connectivity index (χ1) is 17.3. The standard InChI is InChI=1S/C25H29N9O2/c1-25(2,36)8-7-19-15-33(32-31-19)22-14-27-23(10-21(22)30-18-3-5-20(35)6-4-18)34-24-17(13-29-34)9-16(11-26)12-28-24/h9-10,12-15,18,20,35-36H,3-8H2,1-2H3,(H,27,30). The number of hydrogen-bond acceptors (Lipinski definition) is 9. The number of pyridine rings is 2. The van der Waals surface area contributed by atoms with Crippen molar-refractivity contribution in [2.45, 2.75) is 70.1 Å². The SMILES string of the molecule is CC(C)(O)CCc1cn(-c2cnc(-n3ncc4cc(C#N)cnc43)cc2NC2CCC(O)CC2)nn1. The van der Waals surface area contributed by atoms with Gasteiger partial charge in [0, 0.05) is 23.7 Å². The second-order valence-electron chi connectivity index (χ2n) is 9.98. The van der Waals surface area contributed by atoms with E-state index in [1.807, 2.05) is 12.3 Å². The fourth-order valence-corrected chi connectivity index (χ4v) is 4.41. The van der Waals surface area contributed by atoms with Gasteiger partial charge in [-0.1, -0.05) is 5.21 Å². The van der Waals surface area contributed by atoms with Gasteiger partial charge in [-0.25, -0.2) is 14.6 Å². The van der Waals surface area contributed by atoms with Gasteiger partial charge in [0.05, 0.1) is 47.2 Å². The summed E-state index contributed by atoms with van der Waals surface area (Å²) in [6, 6.07) is 5.95. The summed E-state index contributed by atoms with van der Waals surface area (Å²) in [4.78, 5) is 9.05. The Morgan fingerprint density at radius 1 is 1.14 bits per heavy atom. The highest BCUT2D eigenvalue weighted by Crippen LogP contribution is 2.28. The van der Waals surface area contributed by atoms with E-state index in [9.17, 15) is 10.2 Å². The predicted octanol–water partition coefficient (Wildman–Crippen LogP) is 2.69. The number of rotatable bonds is 7. The highest BCUT2D eigenvalue weighted by molar-refractivity contribution is 5.77. The van der Waals surface area contributed by atoms with Crippen LogP contribution in [0.2, 0.25) is 0 Å². The lowest BCUT2D eigenvalue weighted by Crippen LogP contribution is -2.28. The second kappa shape index (κ2) is 9.64. The third-order valence-electron chi connectivity index (χ3n) is 6.46. The first kappa shape index (κ1) is 23.8. The van der Waals surface area contributed by atoms with E-state index in [-0.39, 0.29) is 12.1 Å². The maximum absolute atomic E-state index is 10.1. The van der Waals surface area contributed by atoms with Crippen molar-refractivity contribution < 1.29 is 10.2 Å². The van der Waals surface area contributed by atoms with Gasteiger partial charge in [0.15, 0.2) is 11.5 Å². The lowest BCUT2D eigenvalue weighted by Gasteiger charge is -2.28. The van der Waals surface area contributed by atoms with Gasteiger partial charge in [-0.2, -0.15) is 15.0 Å². The van der Waals surface area contributed by atoms with E-state index in [0.29, 0.717) is 29.9 Å². The smallest absolute Gasteiger partial charge is 0.164 e. The molecule has 4 aromatic rings. The molecular weight excluding hydrogens is 458 g/mol. The van der Waals surface area contributed by atoms with Gasteiger partial charge in [-0.05, 0) is 58.4 Å². The van der Waals surface area contributed by atoms with Crippen molar-refractivity contribution in [2.75, 3.05) is 5.32 Å². The van der Waals surface area contributed by atoms with Crippen molar-refractivity contribution in [1.29, 1.82) is 5.26 Å². The average Bonchev–Trinajstić information content (AvgIpc) is 3.50. The van der Waals surface area contributed by atoms with Gasteiger partial charge in [-0.15, -0.1) is 5.10 Å². The van der Waals surface area contributed by atoms with Gasteiger partial charge >= 0.3 is 0 Å². The van der Waals surface area contributed by atoms with Crippen LogP contribution >= 0.6 is 0 Å². The van der Waals surface area contributed by atoms with Crippen molar-refractivity contribution in [3.8, 4) is 17.6 Å². The Kier molecular flexibility index (Phi) is 6.38. The molecule has 3 N–H and O–H groups in total. The third-order valence-corrected chi connectivity index (χ3v) is 6.46. The van der Waals surface area contributed by atoms with Crippen LogP contribution in [0.4, 0.5) is 5.69 Å². The second-order valence-corrected chi connectivity index (χ2v) is 9.98. The Balaban J connectivity index is 1.50. The fraction of sp³-hybridized carbons (Fsp3) is 0.440. The van der Waals surface area contributed by atoms with E-state index >= 15 is 0 Å². The number of aromatic nitrogens is 7. The predicted molar refractivity (Wildman–Crippen MR) is 133 cm³/mol. The number of nitrogens with zero attached hydrogens (tertiary/aromatic N) is 8. The van der Waals surface area contributed by atoms with Crippen LogP contribution < -0.4 is 5.32 Å². The van der Waals surface area contributed by atoms with Crippen molar-refractivity contribution in [2.24, 2.45) is 0 Å². The minimum atomic E-state index is -0.778. The molecule has 0 atom stereocenters. The zero-order chi connectivity index (χ0) is 25.3. The topological polar surface area (TPSA) is 151 Å². The number of aliphatic hydroxyl groups is 2.